The van der Waals surface area contributed by atoms with E-state index in [0.717, 1.165) is 11.3 Å². The van der Waals surface area contributed by atoms with Crippen molar-refractivity contribution in [2.75, 3.05) is 5.32 Å². The fraction of sp³-hybridized carbons (Fsp3) is 0.333. The van der Waals surface area contributed by atoms with E-state index in [4.69, 9.17) is 17.3 Å². The Morgan fingerprint density at radius 3 is 2.92 bits per heavy atom. The molecule has 3 heterocycles. The van der Waals surface area contributed by atoms with Gasteiger partial charge < -0.3 is 16.0 Å². The smallest absolute Gasteiger partial charge is 0.226 e. The van der Waals surface area contributed by atoms with Crippen molar-refractivity contribution in [3.8, 4) is 0 Å². The Hall–Kier alpha value is -1.41. The Morgan fingerprint density at radius 2 is 2.25 bits per heavy atom. The molecule has 1 atom stereocenters. The molecule has 4 N–H and O–H groups in total. The predicted molar refractivity (Wildman–Crippen MR) is 99.7 cm³/mol. The van der Waals surface area contributed by atoms with Crippen molar-refractivity contribution in [1.82, 2.24) is 15.0 Å². The first-order valence-corrected chi connectivity index (χ1v) is 8.59. The molecule has 0 aliphatic rings. The van der Waals surface area contributed by atoms with Gasteiger partial charge in [-0.3, -0.25) is 0 Å². The zero-order valence-corrected chi connectivity index (χ0v) is 15.4. The van der Waals surface area contributed by atoms with E-state index in [9.17, 15) is 4.39 Å². The summed E-state index contributed by atoms with van der Waals surface area (Å²) in [6, 6.07) is 3.85. The molecule has 0 saturated heterocycles. The Balaban J connectivity index is 0.00000208. The van der Waals surface area contributed by atoms with E-state index in [1.807, 2.05) is 24.4 Å². The van der Waals surface area contributed by atoms with Crippen LogP contribution in [-0.4, -0.2) is 21.0 Å². The first-order valence-electron chi connectivity index (χ1n) is 7.34. The average molecular weight is 390 g/mol. The number of aromatic amines is 1. The zero-order chi connectivity index (χ0) is 16.4. The molecule has 5 nitrogen and oxygen atoms in total. The number of hydrogen-bond acceptors (Lipinski definition) is 5. The van der Waals surface area contributed by atoms with E-state index in [2.05, 4.69) is 20.3 Å². The van der Waals surface area contributed by atoms with E-state index < -0.39 is 0 Å². The lowest BCUT2D eigenvalue weighted by Gasteiger charge is -2.07. The molecule has 0 fully saturated rings. The van der Waals surface area contributed by atoms with Crippen LogP contribution in [0.1, 0.15) is 23.9 Å². The second-order valence-electron chi connectivity index (χ2n) is 5.29. The van der Waals surface area contributed by atoms with E-state index in [0.29, 0.717) is 35.5 Å². The normalized spacial score (nSPS) is 12.2. The highest BCUT2D eigenvalue weighted by molar-refractivity contribution is 7.09. The average Bonchev–Trinajstić information content (AvgIpc) is 3.14. The topological polar surface area (TPSA) is 79.6 Å². The quantitative estimate of drug-likeness (QED) is 0.553. The van der Waals surface area contributed by atoms with Crippen LogP contribution in [0.2, 0.25) is 5.28 Å². The minimum absolute atomic E-state index is 0. The van der Waals surface area contributed by atoms with Crippen molar-refractivity contribution >= 4 is 52.2 Å². The van der Waals surface area contributed by atoms with Gasteiger partial charge in [0.05, 0.1) is 17.6 Å². The number of aromatic nitrogens is 3. The molecule has 0 saturated carbocycles. The third-order valence-electron chi connectivity index (χ3n) is 3.64. The Morgan fingerprint density at radius 1 is 1.46 bits per heavy atom. The number of hydrogen-bond donors (Lipinski definition) is 3. The molecule has 0 spiro atoms. The van der Waals surface area contributed by atoms with Crippen LogP contribution >= 0.6 is 35.3 Å². The second kappa shape index (κ2) is 8.11. The van der Waals surface area contributed by atoms with Crippen molar-refractivity contribution in [2.24, 2.45) is 5.73 Å². The number of nitrogens with one attached hydrogen (secondary N) is 2. The van der Waals surface area contributed by atoms with E-state index >= 15 is 0 Å². The molecule has 0 amide bonds. The van der Waals surface area contributed by atoms with Crippen molar-refractivity contribution < 1.29 is 4.39 Å². The number of fused-ring (bicyclic) bond motifs is 1. The minimum atomic E-state index is -0.366. The van der Waals surface area contributed by atoms with Gasteiger partial charge in [-0.15, -0.1) is 23.7 Å². The summed E-state index contributed by atoms with van der Waals surface area (Å²) in [6.07, 6.45) is 1.19. The summed E-state index contributed by atoms with van der Waals surface area (Å²) in [5.41, 5.74) is 6.74. The molecule has 0 aliphatic carbocycles. The van der Waals surface area contributed by atoms with Gasteiger partial charge in [-0.05, 0) is 29.5 Å². The molecule has 0 radical (unpaired) electrons. The molecule has 0 aromatic carbocycles. The van der Waals surface area contributed by atoms with Crippen molar-refractivity contribution in [1.29, 1.82) is 0 Å². The van der Waals surface area contributed by atoms with Crippen LogP contribution in [-0.2, 0) is 13.0 Å². The number of halogens is 3. The van der Waals surface area contributed by atoms with Crippen LogP contribution in [0.4, 0.5) is 10.2 Å². The number of nitrogens with two attached hydrogens (primary N) is 1. The molecule has 3 aromatic rings. The summed E-state index contributed by atoms with van der Waals surface area (Å²) in [6.45, 7) is 2.52. The van der Waals surface area contributed by atoms with Crippen LogP contribution in [0.3, 0.4) is 0 Å². The number of thiophene rings is 1. The number of H-pyrrole nitrogens is 1. The van der Waals surface area contributed by atoms with Gasteiger partial charge in [0, 0.05) is 17.3 Å². The number of nitrogens with zero attached hydrogens (tertiary/aromatic N) is 2. The SMILES string of the molecule is CCC(N)Cc1[nH]c2nc(Cl)nc(NCc3cccs3)c2c1F.Cl. The Labute approximate surface area is 154 Å². The Bertz CT molecular complexity index is 806. The molecule has 24 heavy (non-hydrogen) atoms. The minimum Gasteiger partial charge on any atom is -0.364 e. The van der Waals surface area contributed by atoms with Gasteiger partial charge in [0.15, 0.2) is 5.82 Å². The lowest BCUT2D eigenvalue weighted by atomic mass is 10.1. The third kappa shape index (κ3) is 3.97. The van der Waals surface area contributed by atoms with Gasteiger partial charge in [-0.25, -0.2) is 4.39 Å². The zero-order valence-electron chi connectivity index (χ0n) is 13.0. The molecule has 0 bridgehead atoms. The highest BCUT2D eigenvalue weighted by atomic mass is 35.5. The highest BCUT2D eigenvalue weighted by Gasteiger charge is 2.19. The first kappa shape index (κ1) is 18.9. The van der Waals surface area contributed by atoms with Crippen molar-refractivity contribution in [3.05, 3.63) is 39.2 Å². The van der Waals surface area contributed by atoms with Gasteiger partial charge in [0.2, 0.25) is 5.28 Å². The summed E-state index contributed by atoms with van der Waals surface area (Å²) >= 11 is 7.57. The molecule has 0 aliphatic heterocycles. The van der Waals surface area contributed by atoms with E-state index in [-0.39, 0.29) is 29.5 Å². The summed E-state index contributed by atoms with van der Waals surface area (Å²) in [4.78, 5) is 12.3. The Kier molecular flexibility index (Phi) is 6.40. The molecule has 3 rings (SSSR count). The predicted octanol–water partition coefficient (Wildman–Crippen LogP) is 4.13. The summed E-state index contributed by atoms with van der Waals surface area (Å²) in [5.74, 6) is 0.0210. The maximum atomic E-state index is 14.7. The second-order valence-corrected chi connectivity index (χ2v) is 6.66. The van der Waals surface area contributed by atoms with Crippen LogP contribution in [0.25, 0.3) is 11.0 Å². The largest absolute Gasteiger partial charge is 0.364 e. The molecule has 130 valence electrons. The molecule has 9 heteroatoms. The van der Waals surface area contributed by atoms with E-state index in [1.165, 1.54) is 0 Å². The standard InChI is InChI=1S/C15H17ClFN5S.ClH/c1-2-8(18)6-10-12(17)11-13(19-7-9-4-3-5-23-9)21-15(16)22-14(11)20-10;/h3-5,8H,2,6-7,18H2,1H3,(H2,19,20,21,22);1H. The molecular weight excluding hydrogens is 372 g/mol. The van der Waals surface area contributed by atoms with Gasteiger partial charge >= 0.3 is 0 Å². The fourth-order valence-electron chi connectivity index (χ4n) is 2.34. The lowest BCUT2D eigenvalue weighted by molar-refractivity contribution is 0.581. The molecular formula is C15H18Cl2FN5S. The summed E-state index contributed by atoms with van der Waals surface area (Å²) < 4.78 is 14.7. The maximum absolute atomic E-state index is 14.7. The molecule has 1 unspecified atom stereocenters. The van der Waals surface area contributed by atoms with Crippen LogP contribution in [0, 0.1) is 5.82 Å². The van der Waals surface area contributed by atoms with Crippen LogP contribution in [0.15, 0.2) is 17.5 Å². The van der Waals surface area contributed by atoms with Crippen LogP contribution < -0.4 is 11.1 Å². The van der Waals surface area contributed by atoms with Gasteiger partial charge in [-0.2, -0.15) is 9.97 Å². The molecule has 3 aromatic heterocycles. The number of anilines is 1. The maximum Gasteiger partial charge on any atom is 0.226 e. The fourth-order valence-corrected chi connectivity index (χ4v) is 3.15. The lowest BCUT2D eigenvalue weighted by Crippen LogP contribution is -2.22. The summed E-state index contributed by atoms with van der Waals surface area (Å²) in [5, 5.41) is 5.51. The van der Waals surface area contributed by atoms with Crippen molar-refractivity contribution in [3.63, 3.8) is 0 Å². The summed E-state index contributed by atoms with van der Waals surface area (Å²) in [7, 11) is 0. The van der Waals surface area contributed by atoms with E-state index in [1.54, 1.807) is 11.3 Å². The van der Waals surface area contributed by atoms with Crippen LogP contribution in [0.5, 0.6) is 0 Å². The van der Waals surface area contributed by atoms with Gasteiger partial charge in [-0.1, -0.05) is 13.0 Å². The third-order valence-corrected chi connectivity index (χ3v) is 4.68. The number of rotatable bonds is 6. The first-order chi connectivity index (χ1) is 11.1. The van der Waals surface area contributed by atoms with Crippen molar-refractivity contribution in [2.45, 2.75) is 32.4 Å². The van der Waals surface area contributed by atoms with Gasteiger partial charge in [0.1, 0.15) is 11.5 Å². The monoisotopic (exact) mass is 389 g/mol. The van der Waals surface area contributed by atoms with Gasteiger partial charge in [0.25, 0.3) is 0 Å². The highest BCUT2D eigenvalue weighted by Crippen LogP contribution is 2.28.